The van der Waals surface area contributed by atoms with Crippen molar-refractivity contribution < 1.29 is 4.79 Å². The first-order chi connectivity index (χ1) is 10.8. The molecule has 1 saturated heterocycles. The van der Waals surface area contributed by atoms with Gasteiger partial charge in [0.25, 0.3) is 0 Å². The summed E-state index contributed by atoms with van der Waals surface area (Å²) >= 11 is 0. The van der Waals surface area contributed by atoms with Gasteiger partial charge in [-0.2, -0.15) is 0 Å². The van der Waals surface area contributed by atoms with Crippen LogP contribution in [0.2, 0.25) is 0 Å². The van der Waals surface area contributed by atoms with E-state index in [0.29, 0.717) is 11.8 Å². The second kappa shape index (κ2) is 7.61. The van der Waals surface area contributed by atoms with Gasteiger partial charge in [0.05, 0.1) is 0 Å². The molecule has 1 aliphatic carbocycles. The average molecular weight is 301 g/mol. The van der Waals surface area contributed by atoms with Gasteiger partial charge in [-0.1, -0.05) is 18.9 Å². The van der Waals surface area contributed by atoms with Gasteiger partial charge in [-0.15, -0.1) is 0 Å². The zero-order valence-corrected chi connectivity index (χ0v) is 13.3. The van der Waals surface area contributed by atoms with Gasteiger partial charge >= 0.3 is 0 Å². The number of carbonyl (C=O) groups is 1. The quantitative estimate of drug-likeness (QED) is 0.909. The van der Waals surface area contributed by atoms with Crippen molar-refractivity contribution in [2.45, 2.75) is 44.9 Å². The number of carbonyl (C=O) groups excluding carboxylic acids is 1. The van der Waals surface area contributed by atoms with Crippen LogP contribution in [-0.2, 0) is 4.79 Å². The maximum atomic E-state index is 12.0. The molecule has 2 fully saturated rings. The Bertz CT molecular complexity index is 462. The van der Waals surface area contributed by atoms with Crippen LogP contribution < -0.4 is 10.2 Å². The Morgan fingerprint density at radius 1 is 1.14 bits per heavy atom. The normalized spacial score (nSPS) is 20.3. The molecule has 1 N–H and O–H groups in total. The smallest absolute Gasteiger partial charge is 0.220 e. The predicted molar refractivity (Wildman–Crippen MR) is 88.8 cm³/mol. The highest BCUT2D eigenvalue weighted by atomic mass is 16.1. The summed E-state index contributed by atoms with van der Waals surface area (Å²) in [6.45, 7) is 2.93. The van der Waals surface area contributed by atoms with Crippen LogP contribution in [0.4, 0.5) is 5.82 Å². The van der Waals surface area contributed by atoms with E-state index in [1.54, 1.807) is 0 Å². The lowest BCUT2D eigenvalue weighted by molar-refractivity contribution is -0.122. The third-order valence-electron chi connectivity index (χ3n) is 5.12. The summed E-state index contributed by atoms with van der Waals surface area (Å²) in [6.07, 6.45) is 9.98. The Balaban J connectivity index is 1.36. The predicted octanol–water partition coefficient (Wildman–Crippen LogP) is 2.99. The van der Waals surface area contributed by atoms with Gasteiger partial charge in [-0.3, -0.25) is 4.79 Å². The Kier molecular flexibility index (Phi) is 5.30. The second-order valence-corrected chi connectivity index (χ2v) is 6.78. The molecule has 2 heterocycles. The molecular weight excluding hydrogens is 274 g/mol. The fourth-order valence-electron chi connectivity index (χ4n) is 3.71. The zero-order valence-electron chi connectivity index (χ0n) is 13.3. The zero-order chi connectivity index (χ0) is 15.2. The van der Waals surface area contributed by atoms with E-state index in [1.807, 2.05) is 18.3 Å². The monoisotopic (exact) mass is 301 g/mol. The molecule has 1 amide bonds. The molecule has 0 radical (unpaired) electrons. The second-order valence-electron chi connectivity index (χ2n) is 6.78. The maximum Gasteiger partial charge on any atom is 0.220 e. The first kappa shape index (κ1) is 15.3. The minimum atomic E-state index is 0.263. The van der Waals surface area contributed by atoms with Gasteiger partial charge in [0.15, 0.2) is 0 Å². The lowest BCUT2D eigenvalue weighted by Crippen LogP contribution is -2.39. The molecule has 1 aromatic heterocycles. The lowest BCUT2D eigenvalue weighted by atomic mass is 9.96. The topological polar surface area (TPSA) is 45.2 Å². The summed E-state index contributed by atoms with van der Waals surface area (Å²) in [5.41, 5.74) is 0. The third-order valence-corrected chi connectivity index (χ3v) is 5.12. The number of nitrogens with one attached hydrogen (secondary N) is 1. The van der Waals surface area contributed by atoms with Crippen molar-refractivity contribution in [3.05, 3.63) is 24.4 Å². The number of hydrogen-bond acceptors (Lipinski definition) is 3. The average Bonchev–Trinajstić information content (AvgIpc) is 3.07. The molecule has 0 aromatic carbocycles. The largest absolute Gasteiger partial charge is 0.357 e. The summed E-state index contributed by atoms with van der Waals surface area (Å²) in [5.74, 6) is 2.60. The van der Waals surface area contributed by atoms with Crippen LogP contribution in [0.1, 0.15) is 44.9 Å². The van der Waals surface area contributed by atoms with E-state index in [0.717, 1.165) is 44.7 Å². The van der Waals surface area contributed by atoms with E-state index in [9.17, 15) is 4.79 Å². The summed E-state index contributed by atoms with van der Waals surface area (Å²) in [5, 5.41) is 3.16. The molecule has 120 valence electrons. The molecule has 0 bridgehead atoms. The van der Waals surface area contributed by atoms with E-state index in [4.69, 9.17) is 0 Å². The molecule has 0 spiro atoms. The van der Waals surface area contributed by atoms with Gasteiger partial charge in [0.2, 0.25) is 5.91 Å². The first-order valence-electron chi connectivity index (χ1n) is 8.74. The highest BCUT2D eigenvalue weighted by Crippen LogP contribution is 2.27. The number of hydrogen-bond donors (Lipinski definition) is 1. The van der Waals surface area contributed by atoms with Crippen LogP contribution in [0.15, 0.2) is 24.4 Å². The van der Waals surface area contributed by atoms with E-state index < -0.39 is 0 Å². The Morgan fingerprint density at radius 3 is 2.59 bits per heavy atom. The number of nitrogens with zero attached hydrogens (tertiary/aromatic N) is 2. The Labute approximate surface area is 133 Å². The summed E-state index contributed by atoms with van der Waals surface area (Å²) in [7, 11) is 0. The number of anilines is 1. The van der Waals surface area contributed by atoms with Crippen LogP contribution in [0, 0.1) is 11.8 Å². The van der Waals surface area contributed by atoms with Crippen LogP contribution in [-0.4, -0.2) is 30.5 Å². The number of amides is 1. The van der Waals surface area contributed by atoms with Gasteiger partial charge < -0.3 is 10.2 Å². The molecule has 1 aliphatic heterocycles. The molecule has 0 atom stereocenters. The van der Waals surface area contributed by atoms with Gasteiger partial charge in [-0.05, 0) is 49.7 Å². The minimum Gasteiger partial charge on any atom is -0.357 e. The summed E-state index contributed by atoms with van der Waals surface area (Å²) in [4.78, 5) is 18.8. The molecule has 1 aromatic rings. The number of rotatable bonds is 5. The molecule has 3 rings (SSSR count). The van der Waals surface area contributed by atoms with Crippen molar-refractivity contribution in [3.63, 3.8) is 0 Å². The highest BCUT2D eigenvalue weighted by Gasteiger charge is 2.22. The van der Waals surface area contributed by atoms with E-state index >= 15 is 0 Å². The van der Waals surface area contributed by atoms with Gasteiger partial charge in [0, 0.05) is 32.3 Å². The Hall–Kier alpha value is -1.58. The van der Waals surface area contributed by atoms with Crippen molar-refractivity contribution >= 4 is 11.7 Å². The van der Waals surface area contributed by atoms with Crippen LogP contribution in [0.5, 0.6) is 0 Å². The highest BCUT2D eigenvalue weighted by molar-refractivity contribution is 5.76. The lowest BCUT2D eigenvalue weighted by Gasteiger charge is -2.32. The molecule has 4 nitrogen and oxygen atoms in total. The molecule has 2 aliphatic rings. The van der Waals surface area contributed by atoms with Gasteiger partial charge in [0.1, 0.15) is 5.82 Å². The van der Waals surface area contributed by atoms with Gasteiger partial charge in [-0.25, -0.2) is 4.98 Å². The number of piperidine rings is 1. The van der Waals surface area contributed by atoms with Crippen LogP contribution >= 0.6 is 0 Å². The van der Waals surface area contributed by atoms with Crippen molar-refractivity contribution in [2.24, 2.45) is 11.8 Å². The maximum absolute atomic E-state index is 12.0. The first-order valence-corrected chi connectivity index (χ1v) is 8.74. The standard InChI is InChI=1S/C18H27N3O/c22-18(13-15-5-1-2-6-15)20-14-16-8-11-21(12-9-16)17-7-3-4-10-19-17/h3-4,7,10,15-16H,1-2,5-6,8-9,11-14H2,(H,20,22). The SMILES string of the molecule is O=C(CC1CCCC1)NCC1CCN(c2ccccn2)CC1. The van der Waals surface area contributed by atoms with Crippen molar-refractivity contribution in [2.75, 3.05) is 24.5 Å². The molecule has 4 heteroatoms. The molecule has 0 unspecified atom stereocenters. The molecule has 1 saturated carbocycles. The summed E-state index contributed by atoms with van der Waals surface area (Å²) < 4.78 is 0. The van der Waals surface area contributed by atoms with E-state index in [1.165, 1.54) is 25.7 Å². The summed E-state index contributed by atoms with van der Waals surface area (Å²) in [6, 6.07) is 6.07. The molecular formula is C18H27N3O. The molecule has 22 heavy (non-hydrogen) atoms. The number of aromatic nitrogens is 1. The number of pyridine rings is 1. The van der Waals surface area contributed by atoms with Crippen LogP contribution in [0.25, 0.3) is 0 Å². The van der Waals surface area contributed by atoms with Crippen molar-refractivity contribution in [1.29, 1.82) is 0 Å². The van der Waals surface area contributed by atoms with Crippen molar-refractivity contribution in [1.82, 2.24) is 10.3 Å². The van der Waals surface area contributed by atoms with Crippen molar-refractivity contribution in [3.8, 4) is 0 Å². The third kappa shape index (κ3) is 4.21. The van der Waals surface area contributed by atoms with E-state index in [2.05, 4.69) is 21.3 Å². The van der Waals surface area contributed by atoms with E-state index in [-0.39, 0.29) is 5.91 Å². The fraction of sp³-hybridized carbons (Fsp3) is 0.667. The fourth-order valence-corrected chi connectivity index (χ4v) is 3.71. The minimum absolute atomic E-state index is 0.263. The Morgan fingerprint density at radius 2 is 1.91 bits per heavy atom. The van der Waals surface area contributed by atoms with Crippen LogP contribution in [0.3, 0.4) is 0 Å².